The summed E-state index contributed by atoms with van der Waals surface area (Å²) in [5.74, 6) is 0.714. The standard InChI is InChI=1S/C28H24ClF3N6/c1-17-6-8-23(18(2)14-17)36-10-12-37(13-11-36)26-22-16-21(29)7-9-24(22)38-27(33-26)25(34-35-38)19-4-3-5-20(15-19)28(30,31)32/h3-9,14-16H,10-13H2,1-2H3. The Labute approximate surface area is 222 Å². The summed E-state index contributed by atoms with van der Waals surface area (Å²) in [6, 6.07) is 17.0. The molecule has 38 heavy (non-hydrogen) atoms. The number of benzene rings is 3. The Morgan fingerprint density at radius 3 is 2.37 bits per heavy atom. The summed E-state index contributed by atoms with van der Waals surface area (Å²) in [5.41, 5.74) is 4.68. The number of fused-ring (bicyclic) bond motifs is 3. The van der Waals surface area contributed by atoms with Crippen molar-refractivity contribution >= 4 is 39.7 Å². The maximum Gasteiger partial charge on any atom is 0.416 e. The van der Waals surface area contributed by atoms with E-state index in [0.29, 0.717) is 27.7 Å². The van der Waals surface area contributed by atoms with Crippen LogP contribution >= 0.6 is 11.6 Å². The highest BCUT2D eigenvalue weighted by Gasteiger charge is 2.31. The van der Waals surface area contributed by atoms with Crippen molar-refractivity contribution in [3.05, 3.63) is 82.4 Å². The lowest BCUT2D eigenvalue weighted by molar-refractivity contribution is -0.137. The van der Waals surface area contributed by atoms with E-state index in [1.807, 2.05) is 12.1 Å². The minimum Gasteiger partial charge on any atom is -0.368 e. The summed E-state index contributed by atoms with van der Waals surface area (Å²) >= 11 is 6.37. The summed E-state index contributed by atoms with van der Waals surface area (Å²) in [4.78, 5) is 9.49. The van der Waals surface area contributed by atoms with Gasteiger partial charge in [0.2, 0.25) is 0 Å². The molecule has 0 amide bonds. The SMILES string of the molecule is Cc1ccc(N2CCN(c3nc4c(-c5cccc(C(F)(F)F)c5)nnn4c4ccc(Cl)cc34)CC2)c(C)c1. The van der Waals surface area contributed by atoms with E-state index in [1.165, 1.54) is 22.9 Å². The molecule has 1 saturated heterocycles. The highest BCUT2D eigenvalue weighted by molar-refractivity contribution is 6.31. The Bertz CT molecular complexity index is 1670. The van der Waals surface area contributed by atoms with Gasteiger partial charge in [-0.2, -0.15) is 17.7 Å². The number of alkyl halides is 3. The number of hydrogen-bond acceptors (Lipinski definition) is 5. The van der Waals surface area contributed by atoms with Crippen LogP contribution in [-0.4, -0.2) is 46.0 Å². The number of rotatable bonds is 3. The minimum absolute atomic E-state index is 0.295. The summed E-state index contributed by atoms with van der Waals surface area (Å²) in [7, 11) is 0. The molecule has 0 bridgehead atoms. The van der Waals surface area contributed by atoms with Crippen LogP contribution in [0.2, 0.25) is 5.02 Å². The smallest absolute Gasteiger partial charge is 0.368 e. The van der Waals surface area contributed by atoms with Gasteiger partial charge in [-0.3, -0.25) is 0 Å². The van der Waals surface area contributed by atoms with Crippen LogP contribution in [0.1, 0.15) is 16.7 Å². The van der Waals surface area contributed by atoms with Crippen LogP contribution in [0.4, 0.5) is 24.7 Å². The molecule has 10 heteroatoms. The predicted molar refractivity (Wildman–Crippen MR) is 144 cm³/mol. The van der Waals surface area contributed by atoms with E-state index >= 15 is 0 Å². The predicted octanol–water partition coefficient (Wildman–Crippen LogP) is 6.56. The Kier molecular flexibility index (Phi) is 5.90. The van der Waals surface area contributed by atoms with Gasteiger partial charge in [0.05, 0.1) is 11.1 Å². The van der Waals surface area contributed by atoms with Crippen LogP contribution in [-0.2, 0) is 6.18 Å². The number of nitrogens with zero attached hydrogens (tertiary/aromatic N) is 6. The van der Waals surface area contributed by atoms with Crippen LogP contribution in [0.3, 0.4) is 0 Å². The van der Waals surface area contributed by atoms with Crippen molar-refractivity contribution in [2.24, 2.45) is 0 Å². The zero-order valence-electron chi connectivity index (χ0n) is 20.8. The molecule has 1 fully saturated rings. The summed E-state index contributed by atoms with van der Waals surface area (Å²) in [6.07, 6.45) is -4.46. The first-order valence-corrected chi connectivity index (χ1v) is 12.7. The number of piperazine rings is 1. The molecule has 0 saturated carbocycles. The van der Waals surface area contributed by atoms with Crippen LogP contribution in [0.15, 0.2) is 60.7 Å². The third kappa shape index (κ3) is 4.30. The number of anilines is 2. The van der Waals surface area contributed by atoms with Gasteiger partial charge < -0.3 is 9.80 Å². The Hall–Kier alpha value is -3.85. The van der Waals surface area contributed by atoms with E-state index in [2.05, 4.69) is 52.2 Å². The largest absolute Gasteiger partial charge is 0.416 e. The molecule has 0 unspecified atom stereocenters. The third-order valence-electron chi connectivity index (χ3n) is 7.02. The molecule has 6 rings (SSSR count). The molecule has 0 radical (unpaired) electrons. The molecule has 0 aliphatic carbocycles. The van der Waals surface area contributed by atoms with Gasteiger partial charge >= 0.3 is 6.18 Å². The average Bonchev–Trinajstić information content (AvgIpc) is 3.32. The number of hydrogen-bond donors (Lipinski definition) is 0. The lowest BCUT2D eigenvalue weighted by atomic mass is 10.1. The maximum absolute atomic E-state index is 13.4. The number of aromatic nitrogens is 4. The summed E-state index contributed by atoms with van der Waals surface area (Å²) in [5, 5.41) is 9.86. The monoisotopic (exact) mass is 536 g/mol. The molecule has 0 N–H and O–H groups in total. The van der Waals surface area contributed by atoms with Gasteiger partial charge in [-0.25, -0.2) is 4.98 Å². The third-order valence-corrected chi connectivity index (χ3v) is 7.26. The molecular weight excluding hydrogens is 513 g/mol. The molecule has 0 spiro atoms. The van der Waals surface area contributed by atoms with Crippen LogP contribution in [0.5, 0.6) is 0 Å². The second kappa shape index (κ2) is 9.16. The van der Waals surface area contributed by atoms with E-state index in [4.69, 9.17) is 16.6 Å². The molecule has 2 aromatic heterocycles. The summed E-state index contributed by atoms with van der Waals surface area (Å²) < 4.78 is 41.8. The molecule has 0 atom stereocenters. The van der Waals surface area contributed by atoms with Crippen molar-refractivity contribution in [2.45, 2.75) is 20.0 Å². The van der Waals surface area contributed by atoms with Crippen molar-refractivity contribution in [2.75, 3.05) is 36.0 Å². The van der Waals surface area contributed by atoms with Crippen molar-refractivity contribution in [1.29, 1.82) is 0 Å². The Morgan fingerprint density at radius 1 is 0.868 bits per heavy atom. The van der Waals surface area contributed by atoms with E-state index < -0.39 is 11.7 Å². The number of aryl methyl sites for hydroxylation is 2. The second-order valence-corrected chi connectivity index (χ2v) is 10.0. The first-order chi connectivity index (χ1) is 18.2. The van der Waals surface area contributed by atoms with E-state index in [-0.39, 0.29) is 0 Å². The van der Waals surface area contributed by atoms with Gasteiger partial charge in [0.25, 0.3) is 0 Å². The van der Waals surface area contributed by atoms with Gasteiger partial charge in [0.1, 0.15) is 11.5 Å². The molecule has 6 nitrogen and oxygen atoms in total. The minimum atomic E-state index is -4.46. The van der Waals surface area contributed by atoms with E-state index in [0.717, 1.165) is 49.2 Å². The molecule has 1 aliphatic rings. The molecule has 5 aromatic rings. The van der Waals surface area contributed by atoms with Crippen molar-refractivity contribution < 1.29 is 13.2 Å². The Balaban J connectivity index is 1.42. The first-order valence-electron chi connectivity index (χ1n) is 12.3. The van der Waals surface area contributed by atoms with E-state index in [1.54, 1.807) is 16.6 Å². The molecule has 3 aromatic carbocycles. The van der Waals surface area contributed by atoms with Gasteiger partial charge in [0, 0.05) is 47.8 Å². The average molecular weight is 537 g/mol. The normalized spacial score (nSPS) is 14.6. The topological polar surface area (TPSA) is 49.6 Å². The lowest BCUT2D eigenvalue weighted by Gasteiger charge is -2.37. The Morgan fingerprint density at radius 2 is 1.63 bits per heavy atom. The quantitative estimate of drug-likeness (QED) is 0.261. The molecule has 1 aliphatic heterocycles. The molecule has 3 heterocycles. The fraction of sp³-hybridized carbons (Fsp3) is 0.250. The van der Waals surface area contributed by atoms with Crippen LogP contribution in [0.25, 0.3) is 27.8 Å². The van der Waals surface area contributed by atoms with Crippen LogP contribution < -0.4 is 9.80 Å². The lowest BCUT2D eigenvalue weighted by Crippen LogP contribution is -2.47. The summed E-state index contributed by atoms with van der Waals surface area (Å²) in [6.45, 7) is 7.26. The fourth-order valence-electron chi connectivity index (χ4n) is 5.16. The van der Waals surface area contributed by atoms with Gasteiger partial charge in [-0.1, -0.05) is 46.6 Å². The molecular formula is C28H24ClF3N6. The van der Waals surface area contributed by atoms with Crippen LogP contribution in [0, 0.1) is 13.8 Å². The zero-order valence-corrected chi connectivity index (χ0v) is 21.6. The fourth-order valence-corrected chi connectivity index (χ4v) is 5.33. The van der Waals surface area contributed by atoms with Crippen molar-refractivity contribution in [1.82, 2.24) is 19.8 Å². The maximum atomic E-state index is 13.4. The van der Waals surface area contributed by atoms with Gasteiger partial charge in [-0.15, -0.1) is 5.10 Å². The van der Waals surface area contributed by atoms with E-state index in [9.17, 15) is 13.2 Å². The molecule has 194 valence electrons. The first kappa shape index (κ1) is 24.5. The second-order valence-electron chi connectivity index (χ2n) is 9.61. The van der Waals surface area contributed by atoms with Crippen molar-refractivity contribution in [3.8, 4) is 11.3 Å². The highest BCUT2D eigenvalue weighted by Crippen LogP contribution is 2.35. The number of halogens is 4. The van der Waals surface area contributed by atoms with Crippen molar-refractivity contribution in [3.63, 3.8) is 0 Å². The van der Waals surface area contributed by atoms with Gasteiger partial charge in [-0.05, 0) is 55.8 Å². The zero-order chi connectivity index (χ0) is 26.6. The van der Waals surface area contributed by atoms with Gasteiger partial charge in [0.15, 0.2) is 5.65 Å². The highest BCUT2D eigenvalue weighted by atomic mass is 35.5.